The monoisotopic (exact) mass is 548 g/mol. The summed E-state index contributed by atoms with van der Waals surface area (Å²) in [6, 6.07) is 30.5. The molecule has 1 aliphatic heterocycles. The van der Waals surface area contributed by atoms with Gasteiger partial charge in [-0.25, -0.2) is 0 Å². The van der Waals surface area contributed by atoms with Gasteiger partial charge in [0.25, 0.3) is 0 Å². The van der Waals surface area contributed by atoms with Gasteiger partial charge in [-0.1, -0.05) is 112 Å². The van der Waals surface area contributed by atoms with Crippen molar-refractivity contribution in [1.29, 1.82) is 0 Å². The first-order valence-electron chi connectivity index (χ1n) is 13.8. The Morgan fingerprint density at radius 1 is 0.795 bits per heavy atom. The van der Waals surface area contributed by atoms with E-state index < -0.39 is 38.0 Å². The van der Waals surface area contributed by atoms with Gasteiger partial charge in [0.1, 0.15) is 23.9 Å². The fourth-order valence-electron chi connectivity index (χ4n) is 4.90. The summed E-state index contributed by atoms with van der Waals surface area (Å²) >= 11 is 0. The molecule has 1 N–H and O–H groups in total. The number of aliphatic hydroxyl groups is 1. The normalized spacial score (nSPS) is 20.6. The van der Waals surface area contributed by atoms with Crippen molar-refractivity contribution in [2.45, 2.75) is 82.5 Å². The largest absolute Gasteiger partial charge is 0.414 e. The molecular weight excluding hydrogens is 504 g/mol. The molecule has 3 aromatic carbocycles. The molecule has 210 valence electrons. The maximum Gasteiger partial charge on any atom is 0.192 e. The van der Waals surface area contributed by atoms with Crippen molar-refractivity contribution in [3.63, 3.8) is 0 Å². The van der Waals surface area contributed by atoms with Crippen molar-refractivity contribution < 1.29 is 23.7 Å². The zero-order chi connectivity index (χ0) is 28.3. The van der Waals surface area contributed by atoms with E-state index in [0.29, 0.717) is 6.61 Å². The van der Waals surface area contributed by atoms with E-state index in [1.165, 1.54) is 0 Å². The second-order valence-electron chi connectivity index (χ2n) is 12.4. The highest BCUT2D eigenvalue weighted by molar-refractivity contribution is 6.74. The molecule has 0 radical (unpaired) electrons. The molecule has 6 heteroatoms. The Bertz CT molecular complexity index is 1080. The summed E-state index contributed by atoms with van der Waals surface area (Å²) in [6.07, 6.45) is -1.94. The summed E-state index contributed by atoms with van der Waals surface area (Å²) in [5, 5.41) is 11.6. The minimum Gasteiger partial charge on any atom is -0.414 e. The zero-order valence-electron chi connectivity index (χ0n) is 24.4. The highest BCUT2D eigenvalue weighted by atomic mass is 28.4. The van der Waals surface area contributed by atoms with E-state index in [0.717, 1.165) is 16.7 Å². The van der Waals surface area contributed by atoms with Crippen LogP contribution >= 0.6 is 0 Å². The van der Waals surface area contributed by atoms with Crippen molar-refractivity contribution in [1.82, 2.24) is 0 Å². The van der Waals surface area contributed by atoms with Gasteiger partial charge in [0.05, 0.1) is 13.2 Å². The maximum atomic E-state index is 11.6. The van der Waals surface area contributed by atoms with Crippen LogP contribution in [0, 0.1) is 0 Å². The molecule has 4 rings (SSSR count). The van der Waals surface area contributed by atoms with E-state index in [4.69, 9.17) is 18.6 Å². The smallest absolute Gasteiger partial charge is 0.192 e. The maximum absolute atomic E-state index is 11.6. The van der Waals surface area contributed by atoms with Crippen LogP contribution in [-0.2, 0) is 24.2 Å². The predicted molar refractivity (Wildman–Crippen MR) is 158 cm³/mol. The fraction of sp³-hybridized carbons (Fsp3) is 0.455. The molecular formula is C33H44O5Si. The third kappa shape index (κ3) is 6.54. The van der Waals surface area contributed by atoms with E-state index in [1.807, 2.05) is 68.4 Å². The first-order chi connectivity index (χ1) is 18.4. The van der Waals surface area contributed by atoms with Gasteiger partial charge in [-0.15, -0.1) is 0 Å². The number of hydrogen-bond donors (Lipinski definition) is 1. The van der Waals surface area contributed by atoms with Crippen LogP contribution in [0.25, 0.3) is 0 Å². The predicted octanol–water partition coefficient (Wildman–Crippen LogP) is 6.90. The van der Waals surface area contributed by atoms with Gasteiger partial charge in [-0.3, -0.25) is 0 Å². The molecule has 1 aliphatic rings. The van der Waals surface area contributed by atoms with Gasteiger partial charge in [-0.2, -0.15) is 0 Å². The third-order valence-electron chi connectivity index (χ3n) is 8.03. The third-order valence-corrected chi connectivity index (χ3v) is 12.5. The molecule has 5 nitrogen and oxygen atoms in total. The fourth-order valence-corrected chi connectivity index (χ4v) is 5.91. The van der Waals surface area contributed by atoms with Gasteiger partial charge in [0.2, 0.25) is 0 Å². The lowest BCUT2D eigenvalue weighted by Crippen LogP contribution is -2.47. The number of ether oxygens (including phenoxy) is 3. The van der Waals surface area contributed by atoms with Crippen LogP contribution in [-0.4, -0.2) is 50.7 Å². The molecule has 1 saturated heterocycles. The standard InChI is InChI=1S/C33H44O5Si/c1-31(2,3)39(6,7)36-24-29-30(38-32(4,5)37-29)28(34)23-35-33(25-17-11-8-12-18-25,26-19-13-9-14-20-26)27-21-15-10-16-22-27/h8-22,28-30,34H,23-24H2,1-7H3/t28-,29+,30-/m1/s1. The molecule has 0 amide bonds. The van der Waals surface area contributed by atoms with E-state index in [1.54, 1.807) is 0 Å². The van der Waals surface area contributed by atoms with Crippen LogP contribution in [0.2, 0.25) is 18.1 Å². The molecule has 0 spiro atoms. The second-order valence-corrected chi connectivity index (χ2v) is 17.2. The number of aliphatic hydroxyl groups excluding tert-OH is 1. The van der Waals surface area contributed by atoms with E-state index in [2.05, 4.69) is 70.3 Å². The van der Waals surface area contributed by atoms with Gasteiger partial charge in [0.15, 0.2) is 14.1 Å². The van der Waals surface area contributed by atoms with Crippen LogP contribution in [0.15, 0.2) is 91.0 Å². The minimum atomic E-state index is -2.01. The first kappa shape index (κ1) is 29.7. The Labute approximate surface area is 235 Å². The number of rotatable bonds is 10. The van der Waals surface area contributed by atoms with Crippen LogP contribution in [0.1, 0.15) is 51.3 Å². The lowest BCUT2D eigenvalue weighted by Gasteiger charge is -2.38. The van der Waals surface area contributed by atoms with Crippen molar-refractivity contribution in [2.24, 2.45) is 0 Å². The summed E-state index contributed by atoms with van der Waals surface area (Å²) in [4.78, 5) is 0. The first-order valence-corrected chi connectivity index (χ1v) is 16.7. The molecule has 0 saturated carbocycles. The zero-order valence-corrected chi connectivity index (χ0v) is 25.4. The van der Waals surface area contributed by atoms with Crippen LogP contribution in [0.3, 0.4) is 0 Å². The molecule has 3 aromatic rings. The van der Waals surface area contributed by atoms with Crippen molar-refractivity contribution >= 4 is 8.32 Å². The van der Waals surface area contributed by atoms with Gasteiger partial charge in [0, 0.05) is 0 Å². The van der Waals surface area contributed by atoms with Gasteiger partial charge >= 0.3 is 0 Å². The van der Waals surface area contributed by atoms with E-state index in [9.17, 15) is 5.11 Å². The van der Waals surface area contributed by atoms with E-state index in [-0.39, 0.29) is 11.6 Å². The van der Waals surface area contributed by atoms with Crippen LogP contribution in [0.4, 0.5) is 0 Å². The Hall–Kier alpha value is -2.32. The topological polar surface area (TPSA) is 57.2 Å². The lowest BCUT2D eigenvalue weighted by molar-refractivity contribution is -0.162. The van der Waals surface area contributed by atoms with Crippen LogP contribution < -0.4 is 0 Å². The summed E-state index contributed by atoms with van der Waals surface area (Å²) in [5.74, 6) is -0.831. The molecule has 3 atom stereocenters. The molecule has 0 unspecified atom stereocenters. The molecule has 0 aliphatic carbocycles. The quantitative estimate of drug-likeness (QED) is 0.221. The van der Waals surface area contributed by atoms with E-state index >= 15 is 0 Å². The summed E-state index contributed by atoms with van der Waals surface area (Å²) < 4.78 is 25.8. The Morgan fingerprint density at radius 2 is 1.23 bits per heavy atom. The summed E-state index contributed by atoms with van der Waals surface area (Å²) in [6.45, 7) is 15.2. The second kappa shape index (κ2) is 11.7. The van der Waals surface area contributed by atoms with Gasteiger partial charge in [-0.05, 0) is 48.7 Å². The number of benzene rings is 3. The average molecular weight is 549 g/mol. The summed E-state index contributed by atoms with van der Waals surface area (Å²) in [5.41, 5.74) is 2.02. The molecule has 1 heterocycles. The van der Waals surface area contributed by atoms with Crippen LogP contribution in [0.5, 0.6) is 0 Å². The highest BCUT2D eigenvalue weighted by Crippen LogP contribution is 2.42. The number of hydrogen-bond acceptors (Lipinski definition) is 5. The van der Waals surface area contributed by atoms with Gasteiger partial charge < -0.3 is 23.7 Å². The Morgan fingerprint density at radius 3 is 1.64 bits per heavy atom. The van der Waals surface area contributed by atoms with Crippen molar-refractivity contribution in [3.05, 3.63) is 108 Å². The molecule has 0 aromatic heterocycles. The Balaban J connectivity index is 1.64. The van der Waals surface area contributed by atoms with Crippen molar-refractivity contribution in [3.8, 4) is 0 Å². The molecule has 1 fully saturated rings. The molecule has 0 bridgehead atoms. The Kier molecular flexibility index (Phi) is 8.86. The summed E-state index contributed by atoms with van der Waals surface area (Å²) in [7, 11) is -2.01. The highest BCUT2D eigenvalue weighted by Gasteiger charge is 2.48. The molecule has 39 heavy (non-hydrogen) atoms. The average Bonchev–Trinajstić information content (AvgIpc) is 3.23. The lowest BCUT2D eigenvalue weighted by atomic mass is 9.80. The minimum absolute atomic E-state index is 0.0411. The van der Waals surface area contributed by atoms with Crippen molar-refractivity contribution in [2.75, 3.05) is 13.2 Å². The SMILES string of the molecule is CC1(C)O[C@H]([C@H](O)COC(c2ccccc2)(c2ccccc2)c2ccccc2)[C@H](CO[Si](C)(C)C(C)(C)C)O1.